The van der Waals surface area contributed by atoms with Crippen LogP contribution in [-0.4, -0.2) is 47.9 Å². The van der Waals surface area contributed by atoms with Crippen molar-refractivity contribution in [2.24, 2.45) is 5.73 Å². The maximum Gasteiger partial charge on any atom is 0.410 e. The molecule has 2 N–H and O–H groups in total. The van der Waals surface area contributed by atoms with Gasteiger partial charge in [0.1, 0.15) is 11.1 Å². The van der Waals surface area contributed by atoms with Gasteiger partial charge in [-0.2, -0.15) is 0 Å². The normalized spacial score (nSPS) is 21.5. The van der Waals surface area contributed by atoms with Gasteiger partial charge in [0.2, 0.25) is 0 Å². The highest BCUT2D eigenvalue weighted by molar-refractivity contribution is 7.80. The molecule has 0 spiro atoms. The Morgan fingerprint density at radius 3 is 2.87 bits per heavy atom. The summed E-state index contributed by atoms with van der Waals surface area (Å²) in [6, 6.07) is 0. The molecule has 5 nitrogen and oxygen atoms in total. The third kappa shape index (κ3) is 3.64. The average molecular weight is 232 g/mol. The van der Waals surface area contributed by atoms with Crippen LogP contribution in [0.15, 0.2) is 0 Å². The van der Waals surface area contributed by atoms with Crippen molar-refractivity contribution in [2.75, 3.05) is 19.7 Å². The Balaban J connectivity index is 2.48. The molecule has 0 radical (unpaired) electrons. The van der Waals surface area contributed by atoms with Gasteiger partial charge in [-0.05, 0) is 13.8 Å². The lowest BCUT2D eigenvalue weighted by Crippen LogP contribution is -2.50. The molecule has 0 aromatic carbocycles. The number of rotatable bonds is 2. The van der Waals surface area contributed by atoms with Crippen molar-refractivity contribution in [1.82, 2.24) is 4.90 Å². The van der Waals surface area contributed by atoms with Crippen molar-refractivity contribution in [1.29, 1.82) is 0 Å². The van der Waals surface area contributed by atoms with Gasteiger partial charge >= 0.3 is 6.09 Å². The van der Waals surface area contributed by atoms with Crippen LogP contribution < -0.4 is 5.73 Å². The van der Waals surface area contributed by atoms with E-state index in [1.54, 1.807) is 4.90 Å². The first-order valence-corrected chi connectivity index (χ1v) is 5.28. The molecule has 0 aromatic rings. The van der Waals surface area contributed by atoms with E-state index in [0.29, 0.717) is 19.7 Å². The van der Waals surface area contributed by atoms with Crippen LogP contribution in [0.25, 0.3) is 0 Å². The molecule has 1 saturated heterocycles. The minimum Gasteiger partial charge on any atom is -0.447 e. The number of nitrogens with zero attached hydrogens (tertiary/aromatic N) is 1. The number of ether oxygens (including phenoxy) is 2. The summed E-state index contributed by atoms with van der Waals surface area (Å²) < 4.78 is 10.4. The van der Waals surface area contributed by atoms with Crippen LogP contribution in [0.5, 0.6) is 0 Å². The van der Waals surface area contributed by atoms with Gasteiger partial charge in [-0.25, -0.2) is 4.79 Å². The molecule has 86 valence electrons. The van der Waals surface area contributed by atoms with Gasteiger partial charge in [0.15, 0.2) is 0 Å². The molecule has 1 rings (SSSR count). The van der Waals surface area contributed by atoms with Crippen molar-refractivity contribution in [3.63, 3.8) is 0 Å². The second kappa shape index (κ2) is 5.27. The predicted octanol–water partition coefficient (Wildman–Crippen LogP) is 0.518. The monoisotopic (exact) mass is 232 g/mol. The highest BCUT2D eigenvalue weighted by Gasteiger charge is 2.27. The standard InChI is InChI=1S/C9H16N2O3S/c1-6(2)14-9(12)11-3-4-13-7(5-11)8(10)15/h6-7H,3-5H2,1-2H3,(H2,10,15). The van der Waals surface area contributed by atoms with Gasteiger partial charge in [0.25, 0.3) is 0 Å². The number of carbonyl (C=O) groups excluding carboxylic acids is 1. The maximum absolute atomic E-state index is 11.5. The molecule has 0 aliphatic carbocycles. The fourth-order valence-corrected chi connectivity index (χ4v) is 1.41. The molecule has 6 heteroatoms. The molecule has 1 fully saturated rings. The summed E-state index contributed by atoms with van der Waals surface area (Å²) >= 11 is 4.82. The van der Waals surface area contributed by atoms with Crippen LogP contribution in [-0.2, 0) is 9.47 Å². The molecule has 1 amide bonds. The fourth-order valence-electron chi connectivity index (χ4n) is 1.26. The number of hydrogen-bond donors (Lipinski definition) is 1. The summed E-state index contributed by atoms with van der Waals surface area (Å²) in [7, 11) is 0. The van der Waals surface area contributed by atoms with E-state index in [9.17, 15) is 4.79 Å². The zero-order chi connectivity index (χ0) is 11.4. The van der Waals surface area contributed by atoms with Crippen molar-refractivity contribution in [3.8, 4) is 0 Å². The lowest BCUT2D eigenvalue weighted by Gasteiger charge is -2.32. The van der Waals surface area contributed by atoms with Crippen LogP contribution in [0.3, 0.4) is 0 Å². The van der Waals surface area contributed by atoms with Crippen molar-refractivity contribution in [2.45, 2.75) is 26.1 Å². The first-order valence-electron chi connectivity index (χ1n) is 4.87. The maximum atomic E-state index is 11.5. The summed E-state index contributed by atoms with van der Waals surface area (Å²) in [5, 5.41) is 0. The fraction of sp³-hybridized carbons (Fsp3) is 0.778. The van der Waals surface area contributed by atoms with Gasteiger partial charge in [-0.3, -0.25) is 0 Å². The summed E-state index contributed by atoms with van der Waals surface area (Å²) in [4.78, 5) is 13.4. The van der Waals surface area contributed by atoms with Gasteiger partial charge in [0.05, 0.1) is 19.3 Å². The average Bonchev–Trinajstić information content (AvgIpc) is 2.17. The van der Waals surface area contributed by atoms with Gasteiger partial charge < -0.3 is 20.1 Å². The molecule has 1 atom stereocenters. The largest absolute Gasteiger partial charge is 0.447 e. The molecular formula is C9H16N2O3S. The Morgan fingerprint density at radius 1 is 1.67 bits per heavy atom. The molecule has 0 bridgehead atoms. The molecule has 1 heterocycles. The third-order valence-electron chi connectivity index (χ3n) is 1.98. The first kappa shape index (κ1) is 12.2. The second-order valence-electron chi connectivity index (χ2n) is 3.64. The number of thiocarbonyl (C=S) groups is 1. The van der Waals surface area contributed by atoms with Gasteiger partial charge in [0, 0.05) is 6.54 Å². The Morgan fingerprint density at radius 2 is 2.33 bits per heavy atom. The summed E-state index contributed by atoms with van der Waals surface area (Å²) in [6.07, 6.45) is -0.813. The summed E-state index contributed by atoms with van der Waals surface area (Å²) in [5.74, 6) is 0. The smallest absolute Gasteiger partial charge is 0.410 e. The van der Waals surface area contributed by atoms with Gasteiger partial charge in [-0.1, -0.05) is 12.2 Å². The molecule has 1 unspecified atom stereocenters. The second-order valence-corrected chi connectivity index (χ2v) is 4.11. The Bertz CT molecular complexity index is 258. The number of carbonyl (C=O) groups is 1. The summed E-state index contributed by atoms with van der Waals surface area (Å²) in [6.45, 7) is 4.95. The minimum absolute atomic E-state index is 0.122. The number of hydrogen-bond acceptors (Lipinski definition) is 4. The van der Waals surface area contributed by atoms with Crippen LogP contribution >= 0.6 is 12.2 Å². The number of amides is 1. The van der Waals surface area contributed by atoms with Crippen LogP contribution in [0.2, 0.25) is 0 Å². The Hall–Kier alpha value is -0.880. The van der Waals surface area contributed by atoms with E-state index >= 15 is 0 Å². The van der Waals surface area contributed by atoms with E-state index in [1.165, 1.54) is 0 Å². The molecule has 0 aromatic heterocycles. The van der Waals surface area contributed by atoms with E-state index in [-0.39, 0.29) is 23.3 Å². The van der Waals surface area contributed by atoms with E-state index in [0.717, 1.165) is 0 Å². The van der Waals surface area contributed by atoms with Crippen molar-refractivity contribution < 1.29 is 14.3 Å². The predicted molar refractivity (Wildman–Crippen MR) is 59.7 cm³/mol. The van der Waals surface area contributed by atoms with Crippen LogP contribution in [0, 0.1) is 0 Å². The van der Waals surface area contributed by atoms with Crippen LogP contribution in [0.1, 0.15) is 13.8 Å². The molecule has 1 aliphatic rings. The zero-order valence-electron chi connectivity index (χ0n) is 8.93. The number of nitrogens with two attached hydrogens (primary N) is 1. The highest BCUT2D eigenvalue weighted by atomic mass is 32.1. The van der Waals surface area contributed by atoms with E-state index in [4.69, 9.17) is 27.4 Å². The summed E-state index contributed by atoms with van der Waals surface area (Å²) in [5.41, 5.74) is 5.46. The lowest BCUT2D eigenvalue weighted by atomic mass is 10.3. The molecular weight excluding hydrogens is 216 g/mol. The Kier molecular flexibility index (Phi) is 4.28. The quantitative estimate of drug-likeness (QED) is 0.703. The van der Waals surface area contributed by atoms with Crippen molar-refractivity contribution >= 4 is 23.3 Å². The SMILES string of the molecule is CC(C)OC(=O)N1CCOC(C(N)=S)C1. The third-order valence-corrected chi connectivity index (χ3v) is 2.24. The van der Waals surface area contributed by atoms with Gasteiger partial charge in [-0.15, -0.1) is 0 Å². The van der Waals surface area contributed by atoms with E-state index < -0.39 is 0 Å². The van der Waals surface area contributed by atoms with Crippen LogP contribution in [0.4, 0.5) is 4.79 Å². The zero-order valence-corrected chi connectivity index (χ0v) is 9.75. The minimum atomic E-state index is -0.353. The molecule has 15 heavy (non-hydrogen) atoms. The van der Waals surface area contributed by atoms with E-state index in [1.807, 2.05) is 13.8 Å². The Labute approximate surface area is 94.5 Å². The molecule has 0 saturated carbocycles. The molecule has 1 aliphatic heterocycles. The van der Waals surface area contributed by atoms with E-state index in [2.05, 4.69) is 0 Å². The first-order chi connectivity index (χ1) is 7.00. The topological polar surface area (TPSA) is 64.8 Å². The highest BCUT2D eigenvalue weighted by Crippen LogP contribution is 2.08. The number of morpholine rings is 1. The lowest BCUT2D eigenvalue weighted by molar-refractivity contribution is -0.00272. The van der Waals surface area contributed by atoms with Crippen molar-refractivity contribution in [3.05, 3.63) is 0 Å².